The SMILES string of the molecule is CCCSCCCNC(=O)CCC(=O)N1CCOc2ccccc21. The van der Waals surface area contributed by atoms with E-state index in [1.54, 1.807) is 4.90 Å². The maximum absolute atomic E-state index is 12.4. The highest BCUT2D eigenvalue weighted by molar-refractivity contribution is 7.99. The lowest BCUT2D eigenvalue weighted by molar-refractivity contribution is -0.125. The maximum atomic E-state index is 12.4. The Kier molecular flexibility index (Phi) is 7.95. The van der Waals surface area contributed by atoms with E-state index in [-0.39, 0.29) is 24.7 Å². The summed E-state index contributed by atoms with van der Waals surface area (Å²) < 4.78 is 5.55. The predicted octanol–water partition coefficient (Wildman–Crippen LogP) is 2.84. The molecule has 132 valence electrons. The van der Waals surface area contributed by atoms with Gasteiger partial charge in [0.15, 0.2) is 0 Å². The van der Waals surface area contributed by atoms with Gasteiger partial charge in [0, 0.05) is 19.4 Å². The molecule has 0 saturated carbocycles. The summed E-state index contributed by atoms with van der Waals surface area (Å²) in [5.41, 5.74) is 0.794. The topological polar surface area (TPSA) is 58.6 Å². The number of nitrogens with zero attached hydrogens (tertiary/aromatic N) is 1. The van der Waals surface area contributed by atoms with E-state index in [1.165, 1.54) is 12.2 Å². The summed E-state index contributed by atoms with van der Waals surface area (Å²) in [6.07, 6.45) is 2.62. The van der Waals surface area contributed by atoms with Gasteiger partial charge < -0.3 is 15.0 Å². The van der Waals surface area contributed by atoms with Gasteiger partial charge in [0.25, 0.3) is 0 Å². The number of rotatable bonds is 9. The summed E-state index contributed by atoms with van der Waals surface area (Å²) in [5.74, 6) is 2.89. The monoisotopic (exact) mass is 350 g/mol. The standard InChI is InChI=1S/C18H26N2O3S/c1-2-13-24-14-5-10-19-17(21)8-9-18(22)20-11-12-23-16-7-4-3-6-15(16)20/h3-4,6-7H,2,5,8-14H2,1H3,(H,19,21). The van der Waals surface area contributed by atoms with Crippen molar-refractivity contribution >= 4 is 29.3 Å². The van der Waals surface area contributed by atoms with Gasteiger partial charge in [0.2, 0.25) is 11.8 Å². The van der Waals surface area contributed by atoms with Crippen molar-refractivity contribution in [1.82, 2.24) is 5.32 Å². The number of amides is 2. The van der Waals surface area contributed by atoms with Crippen LogP contribution in [0.25, 0.3) is 0 Å². The first kappa shape index (κ1) is 18.6. The van der Waals surface area contributed by atoms with Crippen LogP contribution >= 0.6 is 11.8 Å². The van der Waals surface area contributed by atoms with E-state index in [0.717, 1.165) is 23.6 Å². The number of ether oxygens (including phenoxy) is 1. The third kappa shape index (κ3) is 5.74. The van der Waals surface area contributed by atoms with E-state index < -0.39 is 0 Å². The maximum Gasteiger partial charge on any atom is 0.227 e. The molecule has 0 radical (unpaired) electrons. The van der Waals surface area contributed by atoms with Gasteiger partial charge in [-0.1, -0.05) is 19.1 Å². The summed E-state index contributed by atoms with van der Waals surface area (Å²) in [5, 5.41) is 2.89. The predicted molar refractivity (Wildman–Crippen MR) is 98.8 cm³/mol. The second-order valence-electron chi connectivity index (χ2n) is 5.68. The highest BCUT2D eigenvalue weighted by Gasteiger charge is 2.23. The molecule has 0 aromatic heterocycles. The van der Waals surface area contributed by atoms with Crippen molar-refractivity contribution < 1.29 is 14.3 Å². The zero-order chi connectivity index (χ0) is 17.2. The molecular weight excluding hydrogens is 324 g/mol. The number of nitrogens with one attached hydrogen (secondary N) is 1. The zero-order valence-corrected chi connectivity index (χ0v) is 15.1. The molecule has 0 atom stereocenters. The van der Waals surface area contributed by atoms with Crippen LogP contribution in [0.1, 0.15) is 32.6 Å². The van der Waals surface area contributed by atoms with Crippen molar-refractivity contribution in [3.8, 4) is 5.75 Å². The number of anilines is 1. The molecular formula is C18H26N2O3S. The fraction of sp³-hybridized carbons (Fsp3) is 0.556. The number of hydrogen-bond donors (Lipinski definition) is 1. The van der Waals surface area contributed by atoms with E-state index >= 15 is 0 Å². The molecule has 0 fully saturated rings. The molecule has 6 heteroatoms. The Morgan fingerprint density at radius 3 is 2.92 bits per heavy atom. The Hall–Kier alpha value is -1.69. The number of thioether (sulfide) groups is 1. The van der Waals surface area contributed by atoms with Crippen molar-refractivity contribution in [2.24, 2.45) is 0 Å². The molecule has 2 amide bonds. The summed E-state index contributed by atoms with van der Waals surface area (Å²) in [4.78, 5) is 26.0. The van der Waals surface area contributed by atoms with Crippen molar-refractivity contribution in [2.75, 3.05) is 36.1 Å². The molecule has 24 heavy (non-hydrogen) atoms. The van der Waals surface area contributed by atoms with Crippen LogP contribution in [0.2, 0.25) is 0 Å². The van der Waals surface area contributed by atoms with Crippen molar-refractivity contribution in [3.05, 3.63) is 24.3 Å². The molecule has 0 spiro atoms. The Labute approximate surface area is 148 Å². The number of benzene rings is 1. The third-order valence-electron chi connectivity index (χ3n) is 3.73. The van der Waals surface area contributed by atoms with Crippen molar-refractivity contribution in [1.29, 1.82) is 0 Å². The fourth-order valence-corrected chi connectivity index (χ4v) is 3.36. The van der Waals surface area contributed by atoms with Crippen LogP contribution in [0.4, 0.5) is 5.69 Å². The number of fused-ring (bicyclic) bond motifs is 1. The minimum Gasteiger partial charge on any atom is -0.490 e. The second kappa shape index (κ2) is 10.2. The minimum absolute atomic E-state index is 0.0283. The van der Waals surface area contributed by atoms with Gasteiger partial charge >= 0.3 is 0 Å². The van der Waals surface area contributed by atoms with Gasteiger partial charge in [-0.2, -0.15) is 11.8 Å². The summed E-state index contributed by atoms with van der Waals surface area (Å²) in [6.45, 7) is 3.87. The van der Waals surface area contributed by atoms with Crippen LogP contribution < -0.4 is 15.0 Å². The second-order valence-corrected chi connectivity index (χ2v) is 6.90. The molecule has 1 aliphatic rings. The number of carbonyl (C=O) groups excluding carboxylic acids is 2. The number of para-hydroxylation sites is 2. The highest BCUT2D eigenvalue weighted by Crippen LogP contribution is 2.31. The van der Waals surface area contributed by atoms with E-state index in [9.17, 15) is 9.59 Å². The Morgan fingerprint density at radius 2 is 2.08 bits per heavy atom. The van der Waals surface area contributed by atoms with Gasteiger partial charge in [0.05, 0.1) is 12.2 Å². The van der Waals surface area contributed by atoms with Gasteiger partial charge in [-0.15, -0.1) is 0 Å². The van der Waals surface area contributed by atoms with Crippen LogP contribution in [0.5, 0.6) is 5.75 Å². The molecule has 2 rings (SSSR count). The van der Waals surface area contributed by atoms with E-state index in [0.29, 0.717) is 19.7 Å². The Balaban J connectivity index is 1.69. The first-order chi connectivity index (χ1) is 11.7. The summed E-state index contributed by atoms with van der Waals surface area (Å²) in [6, 6.07) is 7.51. The van der Waals surface area contributed by atoms with E-state index in [2.05, 4.69) is 12.2 Å². The quantitative estimate of drug-likeness (QED) is 0.696. The molecule has 1 aromatic carbocycles. The molecule has 0 saturated heterocycles. The zero-order valence-electron chi connectivity index (χ0n) is 14.3. The van der Waals surface area contributed by atoms with Gasteiger partial charge in [-0.25, -0.2) is 0 Å². The van der Waals surface area contributed by atoms with E-state index in [4.69, 9.17) is 4.74 Å². The van der Waals surface area contributed by atoms with Gasteiger partial charge in [0.1, 0.15) is 12.4 Å². The minimum atomic E-state index is -0.0506. The average molecular weight is 350 g/mol. The lowest BCUT2D eigenvalue weighted by Gasteiger charge is -2.29. The average Bonchev–Trinajstić information content (AvgIpc) is 2.62. The third-order valence-corrected chi connectivity index (χ3v) is 5.01. The van der Waals surface area contributed by atoms with Crippen molar-refractivity contribution in [3.63, 3.8) is 0 Å². The normalized spacial score (nSPS) is 13.1. The summed E-state index contributed by atoms with van der Waals surface area (Å²) in [7, 11) is 0. The van der Waals surface area contributed by atoms with Crippen LogP contribution in [-0.2, 0) is 9.59 Å². The smallest absolute Gasteiger partial charge is 0.227 e. The van der Waals surface area contributed by atoms with Crippen LogP contribution in [0, 0.1) is 0 Å². The first-order valence-corrected chi connectivity index (χ1v) is 9.74. The van der Waals surface area contributed by atoms with Crippen LogP contribution in [0.3, 0.4) is 0 Å². The van der Waals surface area contributed by atoms with Gasteiger partial charge in [-0.05, 0) is 36.5 Å². The fourth-order valence-electron chi connectivity index (χ4n) is 2.52. The molecule has 5 nitrogen and oxygen atoms in total. The van der Waals surface area contributed by atoms with Crippen LogP contribution in [-0.4, -0.2) is 43.0 Å². The highest BCUT2D eigenvalue weighted by atomic mass is 32.2. The number of hydrogen-bond acceptors (Lipinski definition) is 4. The Bertz CT molecular complexity index is 551. The molecule has 1 N–H and O–H groups in total. The summed E-state index contributed by atoms with van der Waals surface area (Å²) >= 11 is 1.91. The van der Waals surface area contributed by atoms with Crippen LogP contribution in [0.15, 0.2) is 24.3 Å². The molecule has 0 unspecified atom stereocenters. The first-order valence-electron chi connectivity index (χ1n) is 8.59. The molecule has 0 aliphatic carbocycles. The molecule has 1 heterocycles. The lowest BCUT2D eigenvalue weighted by Crippen LogP contribution is -2.38. The lowest BCUT2D eigenvalue weighted by atomic mass is 10.2. The molecule has 1 aliphatic heterocycles. The number of carbonyl (C=O) groups is 2. The molecule has 0 bridgehead atoms. The van der Waals surface area contributed by atoms with Gasteiger partial charge in [-0.3, -0.25) is 9.59 Å². The van der Waals surface area contributed by atoms with E-state index in [1.807, 2.05) is 36.0 Å². The van der Waals surface area contributed by atoms with Crippen molar-refractivity contribution in [2.45, 2.75) is 32.6 Å². The Morgan fingerprint density at radius 1 is 1.25 bits per heavy atom. The largest absolute Gasteiger partial charge is 0.490 e. The molecule has 1 aromatic rings.